The maximum Gasteiger partial charge on any atom is 0.434 e. The van der Waals surface area contributed by atoms with Gasteiger partial charge in [-0.05, 0) is 6.08 Å². The smallest absolute Gasteiger partial charge is 0.356 e. The molecule has 0 saturated heterocycles. The Balaban J connectivity index is 2.51. The summed E-state index contributed by atoms with van der Waals surface area (Å²) in [6.45, 7) is 0.270. The highest BCUT2D eigenvalue weighted by atomic mass is 16.7. The molecule has 10 heavy (non-hydrogen) atoms. The zero-order chi connectivity index (χ0) is 7.40. The van der Waals surface area contributed by atoms with Crippen molar-refractivity contribution in [2.45, 2.75) is 0 Å². The minimum absolute atomic E-state index is 0.270. The fourth-order valence-corrected chi connectivity index (χ4v) is 0.572. The number of allylic oxidation sites excluding steroid dienone is 1. The van der Waals surface area contributed by atoms with E-state index in [1.54, 1.807) is 18.5 Å². The molecule has 1 amide bonds. The van der Waals surface area contributed by atoms with Gasteiger partial charge in [-0.1, -0.05) is 0 Å². The van der Waals surface area contributed by atoms with Crippen molar-refractivity contribution in [2.24, 2.45) is 10.9 Å². The molecular formula is C5H7N3O2. The van der Waals surface area contributed by atoms with Crippen molar-refractivity contribution in [2.75, 3.05) is 6.67 Å². The van der Waals surface area contributed by atoms with Crippen molar-refractivity contribution in [1.82, 2.24) is 4.90 Å². The Bertz CT molecular complexity index is 187. The number of carbonyl (C=O) groups is 1. The van der Waals surface area contributed by atoms with Crippen LogP contribution >= 0.6 is 0 Å². The Morgan fingerprint density at radius 3 is 3.10 bits per heavy atom. The van der Waals surface area contributed by atoms with Gasteiger partial charge in [0.25, 0.3) is 0 Å². The third-order valence-electron chi connectivity index (χ3n) is 1.03. The quantitative estimate of drug-likeness (QED) is 0.477. The molecule has 0 spiro atoms. The summed E-state index contributed by atoms with van der Waals surface area (Å²) in [6, 6.07) is 0. The molecule has 0 aromatic carbocycles. The van der Waals surface area contributed by atoms with Crippen LogP contribution in [0.3, 0.4) is 0 Å². The van der Waals surface area contributed by atoms with Gasteiger partial charge >= 0.3 is 6.09 Å². The highest BCUT2D eigenvalue weighted by Gasteiger charge is 2.10. The van der Waals surface area contributed by atoms with Gasteiger partial charge in [0.2, 0.25) is 0 Å². The Hall–Kier alpha value is -1.36. The summed E-state index contributed by atoms with van der Waals surface area (Å²) in [7, 11) is 0. The second kappa shape index (κ2) is 2.98. The largest absolute Gasteiger partial charge is 0.434 e. The molecule has 1 aliphatic rings. The van der Waals surface area contributed by atoms with Gasteiger partial charge in [-0.3, -0.25) is 9.89 Å². The average molecular weight is 141 g/mol. The van der Waals surface area contributed by atoms with E-state index < -0.39 is 6.09 Å². The van der Waals surface area contributed by atoms with Gasteiger partial charge < -0.3 is 4.84 Å². The van der Waals surface area contributed by atoms with Crippen molar-refractivity contribution in [3.05, 3.63) is 12.3 Å². The molecule has 0 bridgehead atoms. The molecule has 0 saturated carbocycles. The van der Waals surface area contributed by atoms with Gasteiger partial charge in [0, 0.05) is 12.4 Å². The summed E-state index contributed by atoms with van der Waals surface area (Å²) in [5.41, 5.74) is 0. The van der Waals surface area contributed by atoms with Crippen molar-refractivity contribution < 1.29 is 9.63 Å². The lowest BCUT2D eigenvalue weighted by Crippen LogP contribution is -2.29. The summed E-state index contributed by atoms with van der Waals surface area (Å²) in [5.74, 6) is 4.63. The summed E-state index contributed by atoms with van der Waals surface area (Å²) in [6.07, 6.45) is 4.16. The number of hydrogen-bond donors (Lipinski definition) is 1. The van der Waals surface area contributed by atoms with E-state index in [1.807, 2.05) is 0 Å². The van der Waals surface area contributed by atoms with Crippen LogP contribution < -0.4 is 5.90 Å². The number of amides is 1. The lowest BCUT2D eigenvalue weighted by Gasteiger charge is -2.14. The van der Waals surface area contributed by atoms with E-state index in [0.717, 1.165) is 0 Å². The van der Waals surface area contributed by atoms with E-state index in [9.17, 15) is 4.79 Å². The Labute approximate surface area is 57.7 Å². The predicted molar refractivity (Wildman–Crippen MR) is 35.0 cm³/mol. The molecule has 0 aromatic heterocycles. The van der Waals surface area contributed by atoms with Crippen LogP contribution in [0.15, 0.2) is 17.3 Å². The molecule has 0 aliphatic carbocycles. The lowest BCUT2D eigenvalue weighted by atomic mass is 10.5. The second-order valence-corrected chi connectivity index (χ2v) is 1.67. The molecule has 1 heterocycles. The maximum absolute atomic E-state index is 10.6. The average Bonchev–Trinajstić information content (AvgIpc) is 2.05. The van der Waals surface area contributed by atoms with Gasteiger partial charge in [-0.15, -0.1) is 0 Å². The first-order chi connectivity index (χ1) is 4.84. The molecule has 5 nitrogen and oxygen atoms in total. The van der Waals surface area contributed by atoms with Gasteiger partial charge in [0.15, 0.2) is 0 Å². The van der Waals surface area contributed by atoms with Gasteiger partial charge in [0.1, 0.15) is 6.67 Å². The van der Waals surface area contributed by atoms with Crippen LogP contribution in [0, 0.1) is 0 Å². The third-order valence-corrected chi connectivity index (χ3v) is 1.03. The SMILES string of the molecule is NOC(=O)N1C=CC=NC1. The van der Waals surface area contributed by atoms with Crippen LogP contribution in [-0.2, 0) is 4.84 Å². The van der Waals surface area contributed by atoms with Crippen LogP contribution in [0.4, 0.5) is 4.79 Å². The van der Waals surface area contributed by atoms with Gasteiger partial charge in [-0.25, -0.2) is 4.79 Å². The molecule has 1 rings (SSSR count). The minimum Gasteiger partial charge on any atom is -0.356 e. The standard InChI is InChI=1S/C5H7N3O2/c6-10-5(9)8-3-1-2-7-4-8/h1-3H,4,6H2. The van der Waals surface area contributed by atoms with E-state index in [-0.39, 0.29) is 6.67 Å². The molecule has 0 unspecified atom stereocenters. The highest BCUT2D eigenvalue weighted by Crippen LogP contribution is 1.96. The summed E-state index contributed by atoms with van der Waals surface area (Å²) >= 11 is 0. The number of carbonyl (C=O) groups excluding carboxylic acids is 1. The predicted octanol–water partition coefficient (Wildman–Crippen LogP) is -0.146. The first-order valence-electron chi connectivity index (χ1n) is 2.68. The van der Waals surface area contributed by atoms with Crippen LogP contribution in [0.25, 0.3) is 0 Å². The molecule has 5 heteroatoms. The highest BCUT2D eigenvalue weighted by molar-refractivity contribution is 5.76. The van der Waals surface area contributed by atoms with Crippen molar-refractivity contribution in [3.8, 4) is 0 Å². The lowest BCUT2D eigenvalue weighted by molar-refractivity contribution is 0.118. The molecule has 0 aromatic rings. The van der Waals surface area contributed by atoms with Gasteiger partial charge in [-0.2, -0.15) is 5.90 Å². The van der Waals surface area contributed by atoms with E-state index >= 15 is 0 Å². The molecule has 54 valence electrons. The van der Waals surface area contributed by atoms with E-state index in [4.69, 9.17) is 0 Å². The fourth-order valence-electron chi connectivity index (χ4n) is 0.572. The van der Waals surface area contributed by atoms with E-state index in [0.29, 0.717) is 0 Å². The Kier molecular flexibility index (Phi) is 2.01. The molecule has 0 radical (unpaired) electrons. The first-order valence-corrected chi connectivity index (χ1v) is 2.68. The van der Waals surface area contributed by atoms with Crippen LogP contribution in [0.5, 0.6) is 0 Å². The molecule has 1 aliphatic heterocycles. The fraction of sp³-hybridized carbons (Fsp3) is 0.200. The first kappa shape index (κ1) is 6.76. The minimum atomic E-state index is -0.604. The van der Waals surface area contributed by atoms with Crippen LogP contribution in [0.1, 0.15) is 0 Å². The van der Waals surface area contributed by atoms with Crippen molar-refractivity contribution >= 4 is 12.3 Å². The van der Waals surface area contributed by atoms with E-state index in [1.165, 1.54) is 4.90 Å². The number of hydrogen-bond acceptors (Lipinski definition) is 4. The number of nitrogens with zero attached hydrogens (tertiary/aromatic N) is 2. The van der Waals surface area contributed by atoms with Crippen LogP contribution in [-0.4, -0.2) is 23.9 Å². The topological polar surface area (TPSA) is 67.9 Å². The number of nitrogens with two attached hydrogens (primary N) is 1. The number of aliphatic imine (C=N–C) groups is 1. The third kappa shape index (κ3) is 1.32. The Morgan fingerprint density at radius 1 is 1.80 bits per heavy atom. The molecule has 2 N–H and O–H groups in total. The molecule has 0 atom stereocenters. The normalized spacial score (nSPS) is 15.5. The molecular weight excluding hydrogens is 134 g/mol. The van der Waals surface area contributed by atoms with Crippen molar-refractivity contribution in [3.63, 3.8) is 0 Å². The summed E-state index contributed by atoms with van der Waals surface area (Å²) < 4.78 is 0. The number of rotatable bonds is 0. The second-order valence-electron chi connectivity index (χ2n) is 1.67. The zero-order valence-corrected chi connectivity index (χ0v) is 5.23. The van der Waals surface area contributed by atoms with E-state index in [2.05, 4.69) is 15.7 Å². The summed E-state index contributed by atoms with van der Waals surface area (Å²) in [4.78, 5) is 19.6. The summed E-state index contributed by atoms with van der Waals surface area (Å²) in [5, 5.41) is 0. The van der Waals surface area contributed by atoms with Crippen LogP contribution in [0.2, 0.25) is 0 Å². The zero-order valence-electron chi connectivity index (χ0n) is 5.23. The maximum atomic E-state index is 10.6. The molecule has 0 fully saturated rings. The van der Waals surface area contributed by atoms with Gasteiger partial charge in [0.05, 0.1) is 0 Å². The Morgan fingerprint density at radius 2 is 2.60 bits per heavy atom. The monoisotopic (exact) mass is 141 g/mol. The van der Waals surface area contributed by atoms with Crippen molar-refractivity contribution in [1.29, 1.82) is 0 Å².